The molecule has 0 unspecified atom stereocenters. The van der Waals surface area contributed by atoms with Crippen LogP contribution in [-0.4, -0.2) is 28.7 Å². The monoisotopic (exact) mass is 250 g/mol. The number of rotatable bonds is 0. The summed E-state index contributed by atoms with van der Waals surface area (Å²) in [5, 5.41) is 10.4. The number of aliphatic hydroxyl groups is 1. The van der Waals surface area contributed by atoms with E-state index in [1.54, 1.807) is 12.2 Å². The molecule has 0 aromatic carbocycles. The van der Waals surface area contributed by atoms with Crippen molar-refractivity contribution in [1.82, 2.24) is 0 Å². The number of ether oxygens (including phenoxy) is 1. The third-order valence-electron chi connectivity index (χ3n) is 4.13. The van der Waals surface area contributed by atoms with Crippen molar-refractivity contribution in [3.63, 3.8) is 0 Å². The number of hydrogen-bond donors (Lipinski definition) is 1. The minimum Gasteiger partial charge on any atom is -0.389 e. The zero-order valence-electron chi connectivity index (χ0n) is 11.6. The highest BCUT2D eigenvalue weighted by molar-refractivity contribution is 6.03. The van der Waals surface area contributed by atoms with Crippen molar-refractivity contribution in [2.75, 3.05) is 0 Å². The molecule has 100 valence electrons. The largest absolute Gasteiger partial charge is 0.389 e. The molecule has 1 N–H and O–H groups in total. The number of ketones is 1. The van der Waals surface area contributed by atoms with Crippen molar-refractivity contribution in [1.29, 1.82) is 0 Å². The standard InChI is InChI=1S/C15H22O3/c1-10-6-5-8-15(4)13(18-15)12(17)14(2,3)9-7-11(10)16/h6-7,9,12-13,17H,5,8H2,1-4H3/b9-7+,10-6-/t12-,13-,15-/m1/s1. The first-order chi connectivity index (χ1) is 8.26. The first-order valence-corrected chi connectivity index (χ1v) is 6.52. The Bertz CT molecular complexity index is 419. The number of carbonyl (C=O) groups excluding carboxylic acids is 1. The number of allylic oxidation sites excluding steroid dienone is 3. The second kappa shape index (κ2) is 4.32. The fourth-order valence-electron chi connectivity index (χ4n) is 2.44. The van der Waals surface area contributed by atoms with Crippen molar-refractivity contribution in [3.05, 3.63) is 23.8 Å². The van der Waals surface area contributed by atoms with Crippen molar-refractivity contribution < 1.29 is 14.6 Å². The van der Waals surface area contributed by atoms with Gasteiger partial charge in [0.2, 0.25) is 0 Å². The molecule has 0 aromatic heterocycles. The van der Waals surface area contributed by atoms with Gasteiger partial charge in [-0.15, -0.1) is 0 Å². The molecule has 1 fully saturated rings. The van der Waals surface area contributed by atoms with Crippen molar-refractivity contribution in [3.8, 4) is 0 Å². The fraction of sp³-hybridized carbons (Fsp3) is 0.667. The van der Waals surface area contributed by atoms with Gasteiger partial charge in [-0.05, 0) is 38.3 Å². The van der Waals surface area contributed by atoms with E-state index in [-0.39, 0.29) is 17.5 Å². The molecule has 3 heteroatoms. The molecule has 0 radical (unpaired) electrons. The maximum atomic E-state index is 11.8. The molecule has 3 nitrogen and oxygen atoms in total. The second-order valence-electron chi connectivity index (χ2n) is 6.24. The molecule has 1 heterocycles. The molecule has 2 rings (SSSR count). The highest BCUT2D eigenvalue weighted by atomic mass is 16.6. The maximum absolute atomic E-state index is 11.8. The van der Waals surface area contributed by atoms with Crippen LogP contribution in [-0.2, 0) is 9.53 Å². The summed E-state index contributed by atoms with van der Waals surface area (Å²) in [4.78, 5) is 11.8. The van der Waals surface area contributed by atoms with Crippen LogP contribution in [0.2, 0.25) is 0 Å². The van der Waals surface area contributed by atoms with Crippen LogP contribution in [0.3, 0.4) is 0 Å². The van der Waals surface area contributed by atoms with Gasteiger partial charge < -0.3 is 9.84 Å². The molecular formula is C15H22O3. The molecular weight excluding hydrogens is 228 g/mol. The van der Waals surface area contributed by atoms with Crippen molar-refractivity contribution in [2.24, 2.45) is 5.41 Å². The first kappa shape index (κ1) is 13.5. The van der Waals surface area contributed by atoms with E-state index in [0.29, 0.717) is 0 Å². The van der Waals surface area contributed by atoms with Gasteiger partial charge in [-0.3, -0.25) is 4.79 Å². The Morgan fingerprint density at radius 3 is 2.72 bits per heavy atom. The number of epoxide rings is 1. The summed E-state index contributed by atoms with van der Waals surface area (Å²) in [6.07, 6.45) is 6.27. The highest BCUT2D eigenvalue weighted by Crippen LogP contribution is 2.47. The smallest absolute Gasteiger partial charge is 0.180 e. The lowest BCUT2D eigenvalue weighted by Crippen LogP contribution is -2.35. The molecule has 18 heavy (non-hydrogen) atoms. The number of hydrogen-bond acceptors (Lipinski definition) is 3. The van der Waals surface area contributed by atoms with Crippen LogP contribution in [0.4, 0.5) is 0 Å². The van der Waals surface area contributed by atoms with E-state index in [9.17, 15) is 9.90 Å². The lowest BCUT2D eigenvalue weighted by molar-refractivity contribution is -0.111. The Balaban J connectivity index is 2.29. The highest BCUT2D eigenvalue weighted by Gasteiger charge is 2.58. The van der Waals surface area contributed by atoms with Gasteiger partial charge in [-0.1, -0.05) is 26.0 Å². The molecule has 3 atom stereocenters. The Morgan fingerprint density at radius 2 is 2.06 bits per heavy atom. The van der Waals surface area contributed by atoms with Gasteiger partial charge in [0.05, 0.1) is 11.7 Å². The van der Waals surface area contributed by atoms with Crippen LogP contribution >= 0.6 is 0 Å². The van der Waals surface area contributed by atoms with Crippen LogP contribution in [0.25, 0.3) is 0 Å². The lowest BCUT2D eigenvalue weighted by atomic mass is 9.81. The quantitative estimate of drug-likeness (QED) is 0.672. The third kappa shape index (κ3) is 2.43. The zero-order valence-corrected chi connectivity index (χ0v) is 11.6. The third-order valence-corrected chi connectivity index (χ3v) is 4.13. The van der Waals surface area contributed by atoms with Crippen LogP contribution in [0.15, 0.2) is 23.8 Å². The summed E-state index contributed by atoms with van der Waals surface area (Å²) >= 11 is 0. The molecule has 0 aromatic rings. The van der Waals surface area contributed by atoms with E-state index in [1.165, 1.54) is 0 Å². The molecule has 1 saturated heterocycles. The summed E-state index contributed by atoms with van der Waals surface area (Å²) in [6.45, 7) is 7.73. The van der Waals surface area contributed by atoms with Gasteiger partial charge >= 0.3 is 0 Å². The van der Waals surface area contributed by atoms with Gasteiger partial charge in [-0.2, -0.15) is 0 Å². The van der Waals surface area contributed by atoms with Gasteiger partial charge in [0.25, 0.3) is 0 Å². The van der Waals surface area contributed by atoms with Gasteiger partial charge in [0.1, 0.15) is 6.10 Å². The average molecular weight is 250 g/mol. The molecule has 0 saturated carbocycles. The average Bonchev–Trinajstić information content (AvgIpc) is 2.96. The zero-order chi connectivity index (χ0) is 13.6. The number of aliphatic hydroxyl groups excluding tert-OH is 1. The van der Waals surface area contributed by atoms with Gasteiger partial charge in [-0.25, -0.2) is 0 Å². The number of carbonyl (C=O) groups is 1. The van der Waals surface area contributed by atoms with Crippen LogP contribution in [0.1, 0.15) is 40.5 Å². The fourth-order valence-corrected chi connectivity index (χ4v) is 2.44. The van der Waals surface area contributed by atoms with E-state index in [2.05, 4.69) is 0 Å². The molecule has 0 bridgehead atoms. The summed E-state index contributed by atoms with van der Waals surface area (Å²) in [6, 6.07) is 0. The molecule has 1 aliphatic carbocycles. The summed E-state index contributed by atoms with van der Waals surface area (Å²) in [7, 11) is 0. The summed E-state index contributed by atoms with van der Waals surface area (Å²) < 4.78 is 5.69. The molecule has 0 amide bonds. The number of fused-ring (bicyclic) bond motifs is 1. The Kier molecular flexibility index (Phi) is 3.24. The van der Waals surface area contributed by atoms with E-state index < -0.39 is 11.5 Å². The van der Waals surface area contributed by atoms with Gasteiger partial charge in [0.15, 0.2) is 5.78 Å². The SMILES string of the molecule is C/C1=C/CC[C@@]2(C)O[C@@H]2[C@@H](O)C(C)(C)/C=C/C1=O. The van der Waals surface area contributed by atoms with Crippen LogP contribution < -0.4 is 0 Å². The molecule has 0 spiro atoms. The summed E-state index contributed by atoms with van der Waals surface area (Å²) in [5.74, 6) is 0.0249. The first-order valence-electron chi connectivity index (χ1n) is 6.52. The van der Waals surface area contributed by atoms with Crippen molar-refractivity contribution >= 4 is 5.78 Å². The molecule has 2 aliphatic rings. The summed E-state index contributed by atoms with van der Waals surface area (Å²) in [5.41, 5.74) is 0.0662. The van der Waals surface area contributed by atoms with E-state index in [4.69, 9.17) is 4.74 Å². The lowest BCUT2D eigenvalue weighted by Gasteiger charge is -2.26. The minimum absolute atomic E-state index is 0.0249. The van der Waals surface area contributed by atoms with Crippen LogP contribution in [0.5, 0.6) is 0 Å². The van der Waals surface area contributed by atoms with E-state index >= 15 is 0 Å². The minimum atomic E-state index is -0.579. The predicted octanol–water partition coefficient (Wildman–Crippen LogP) is 2.40. The second-order valence-corrected chi connectivity index (χ2v) is 6.24. The maximum Gasteiger partial charge on any atom is 0.180 e. The Morgan fingerprint density at radius 1 is 1.39 bits per heavy atom. The van der Waals surface area contributed by atoms with Crippen LogP contribution in [0, 0.1) is 5.41 Å². The predicted molar refractivity (Wildman–Crippen MR) is 70.2 cm³/mol. The Hall–Kier alpha value is -0.930. The van der Waals surface area contributed by atoms with E-state index in [1.807, 2.05) is 33.8 Å². The van der Waals surface area contributed by atoms with E-state index in [0.717, 1.165) is 18.4 Å². The Labute approximate surface area is 109 Å². The topological polar surface area (TPSA) is 49.8 Å². The van der Waals surface area contributed by atoms with Gasteiger partial charge in [0, 0.05) is 5.41 Å². The molecule has 1 aliphatic heterocycles. The van der Waals surface area contributed by atoms with Crippen molar-refractivity contribution in [2.45, 2.75) is 58.3 Å². The normalized spacial score (nSPS) is 44.3.